The van der Waals surface area contributed by atoms with Crippen LogP contribution in [-0.4, -0.2) is 41.3 Å². The fourth-order valence-corrected chi connectivity index (χ4v) is 2.53. The third-order valence-corrected chi connectivity index (χ3v) is 3.82. The van der Waals surface area contributed by atoms with Gasteiger partial charge in [0.2, 0.25) is 0 Å². The van der Waals surface area contributed by atoms with E-state index in [-0.39, 0.29) is 11.8 Å². The quantitative estimate of drug-likeness (QED) is 0.905. The number of ether oxygens (including phenoxy) is 1. The Morgan fingerprint density at radius 1 is 1.45 bits per heavy atom. The molecule has 1 atom stereocenters. The number of hydrogen-bond acceptors (Lipinski definition) is 5. The lowest BCUT2D eigenvalue weighted by molar-refractivity contribution is -0.145. The van der Waals surface area contributed by atoms with Gasteiger partial charge in [0.15, 0.2) is 11.9 Å². The number of aromatic nitrogens is 1. The molecule has 0 bridgehead atoms. The molecule has 1 N–H and O–H groups in total. The number of methoxy groups -OCH3 is 1. The molecule has 3 rings (SSSR count). The predicted octanol–water partition coefficient (Wildman–Crippen LogP) is 1.48. The lowest BCUT2D eigenvalue weighted by Crippen LogP contribution is -2.50. The van der Waals surface area contributed by atoms with E-state index in [1.807, 2.05) is 12.1 Å². The fourth-order valence-electron chi connectivity index (χ4n) is 2.53. The molecule has 1 fully saturated rings. The van der Waals surface area contributed by atoms with E-state index in [0.29, 0.717) is 31.0 Å². The van der Waals surface area contributed by atoms with E-state index in [0.717, 1.165) is 5.69 Å². The maximum atomic E-state index is 12.2. The van der Waals surface area contributed by atoms with Gasteiger partial charge in [-0.25, -0.2) is 0 Å². The number of nitrogens with zero attached hydrogens (tertiary/aromatic N) is 2. The SMILES string of the molecule is COCc1cc(C2CN(C(=O)C(O)c3ccccc3)C2)no1. The number of amides is 1. The Morgan fingerprint density at radius 3 is 2.86 bits per heavy atom. The van der Waals surface area contributed by atoms with Crippen molar-refractivity contribution in [3.63, 3.8) is 0 Å². The molecule has 6 nitrogen and oxygen atoms in total. The van der Waals surface area contributed by atoms with Gasteiger partial charge in [0, 0.05) is 32.2 Å². The summed E-state index contributed by atoms with van der Waals surface area (Å²) >= 11 is 0. The molecule has 1 saturated heterocycles. The molecule has 1 aliphatic heterocycles. The first-order chi connectivity index (χ1) is 10.7. The van der Waals surface area contributed by atoms with E-state index in [9.17, 15) is 9.90 Å². The molecular formula is C16H18N2O4. The highest BCUT2D eigenvalue weighted by Crippen LogP contribution is 2.29. The molecule has 0 spiro atoms. The molecule has 1 aromatic carbocycles. The van der Waals surface area contributed by atoms with E-state index in [4.69, 9.17) is 9.26 Å². The lowest BCUT2D eigenvalue weighted by Gasteiger charge is -2.39. The summed E-state index contributed by atoms with van der Waals surface area (Å²) in [6.45, 7) is 1.47. The second-order valence-electron chi connectivity index (χ2n) is 5.40. The minimum absolute atomic E-state index is 0.154. The van der Waals surface area contributed by atoms with Crippen molar-refractivity contribution in [3.05, 3.63) is 53.4 Å². The monoisotopic (exact) mass is 302 g/mol. The van der Waals surface area contributed by atoms with Gasteiger partial charge in [0.25, 0.3) is 5.91 Å². The van der Waals surface area contributed by atoms with E-state index in [1.165, 1.54) is 0 Å². The second-order valence-corrected chi connectivity index (χ2v) is 5.40. The van der Waals surface area contributed by atoms with Gasteiger partial charge in [-0.1, -0.05) is 35.5 Å². The molecule has 0 radical (unpaired) electrons. The van der Waals surface area contributed by atoms with Crippen LogP contribution in [0.2, 0.25) is 0 Å². The summed E-state index contributed by atoms with van der Waals surface area (Å²) in [6, 6.07) is 10.8. The molecule has 0 aliphatic carbocycles. The number of benzene rings is 1. The average molecular weight is 302 g/mol. The van der Waals surface area contributed by atoms with Gasteiger partial charge in [0.05, 0.1) is 5.69 Å². The zero-order chi connectivity index (χ0) is 15.5. The van der Waals surface area contributed by atoms with Gasteiger partial charge < -0.3 is 19.3 Å². The summed E-state index contributed by atoms with van der Waals surface area (Å²) in [5.41, 5.74) is 1.44. The summed E-state index contributed by atoms with van der Waals surface area (Å²) in [4.78, 5) is 13.9. The first kappa shape index (κ1) is 14.7. The number of aliphatic hydroxyl groups is 1. The van der Waals surface area contributed by atoms with Crippen LogP contribution in [0.25, 0.3) is 0 Å². The molecule has 1 unspecified atom stereocenters. The molecule has 2 aromatic rings. The Labute approximate surface area is 128 Å². The molecule has 6 heteroatoms. The first-order valence-corrected chi connectivity index (χ1v) is 7.15. The number of carbonyl (C=O) groups is 1. The van der Waals surface area contributed by atoms with Gasteiger partial charge in [-0.3, -0.25) is 4.79 Å². The number of hydrogen-bond donors (Lipinski definition) is 1. The topological polar surface area (TPSA) is 75.8 Å². The number of aliphatic hydroxyl groups excluding tert-OH is 1. The summed E-state index contributed by atoms with van der Waals surface area (Å²) < 4.78 is 10.1. The lowest BCUT2D eigenvalue weighted by atomic mass is 9.94. The van der Waals surface area contributed by atoms with Crippen LogP contribution in [-0.2, 0) is 16.1 Å². The van der Waals surface area contributed by atoms with Gasteiger partial charge >= 0.3 is 0 Å². The van der Waals surface area contributed by atoms with Crippen molar-refractivity contribution >= 4 is 5.91 Å². The Balaban J connectivity index is 1.57. The smallest absolute Gasteiger partial charge is 0.256 e. The van der Waals surface area contributed by atoms with Gasteiger partial charge in [-0.15, -0.1) is 0 Å². The zero-order valence-electron chi connectivity index (χ0n) is 12.3. The number of likely N-dealkylation sites (tertiary alicyclic amines) is 1. The van der Waals surface area contributed by atoms with Gasteiger partial charge in [-0.2, -0.15) is 0 Å². The van der Waals surface area contributed by atoms with Crippen molar-refractivity contribution in [1.29, 1.82) is 0 Å². The van der Waals surface area contributed by atoms with Crippen LogP contribution in [0.1, 0.15) is 29.0 Å². The van der Waals surface area contributed by atoms with Crippen molar-refractivity contribution in [2.45, 2.75) is 18.6 Å². The Morgan fingerprint density at radius 2 is 2.18 bits per heavy atom. The van der Waals surface area contributed by atoms with Crippen molar-refractivity contribution in [3.8, 4) is 0 Å². The first-order valence-electron chi connectivity index (χ1n) is 7.15. The van der Waals surface area contributed by atoms with Crippen molar-refractivity contribution < 1.29 is 19.2 Å². The van der Waals surface area contributed by atoms with Gasteiger partial charge in [0.1, 0.15) is 6.61 Å². The number of rotatable bonds is 5. The van der Waals surface area contributed by atoms with Crippen LogP contribution in [0.4, 0.5) is 0 Å². The van der Waals surface area contributed by atoms with Crippen molar-refractivity contribution in [2.24, 2.45) is 0 Å². The molecule has 22 heavy (non-hydrogen) atoms. The normalized spacial score (nSPS) is 16.4. The molecule has 1 amide bonds. The summed E-state index contributed by atoms with van der Waals surface area (Å²) in [6.07, 6.45) is -1.11. The van der Waals surface area contributed by atoms with Crippen LogP contribution in [0.3, 0.4) is 0 Å². The minimum Gasteiger partial charge on any atom is -0.378 e. The third-order valence-electron chi connectivity index (χ3n) is 3.82. The fraction of sp³-hybridized carbons (Fsp3) is 0.375. The summed E-state index contributed by atoms with van der Waals surface area (Å²) in [7, 11) is 1.59. The molecule has 1 aromatic heterocycles. The minimum atomic E-state index is -1.11. The molecule has 116 valence electrons. The Bertz CT molecular complexity index is 635. The average Bonchev–Trinajstić information content (AvgIpc) is 2.94. The van der Waals surface area contributed by atoms with Crippen molar-refractivity contribution in [2.75, 3.05) is 20.2 Å². The maximum absolute atomic E-state index is 12.2. The summed E-state index contributed by atoms with van der Waals surface area (Å²) in [5, 5.41) is 14.1. The molecule has 0 saturated carbocycles. The molecular weight excluding hydrogens is 284 g/mol. The summed E-state index contributed by atoms with van der Waals surface area (Å²) in [5.74, 6) is 0.552. The van der Waals surface area contributed by atoms with Crippen LogP contribution in [0.15, 0.2) is 40.9 Å². The Kier molecular flexibility index (Phi) is 4.22. The van der Waals surface area contributed by atoms with Crippen molar-refractivity contribution in [1.82, 2.24) is 10.1 Å². The second kappa shape index (κ2) is 6.29. The van der Waals surface area contributed by atoms with E-state index in [1.54, 1.807) is 36.3 Å². The highest BCUT2D eigenvalue weighted by atomic mass is 16.5. The van der Waals surface area contributed by atoms with E-state index in [2.05, 4.69) is 5.16 Å². The van der Waals surface area contributed by atoms with Crippen LogP contribution >= 0.6 is 0 Å². The van der Waals surface area contributed by atoms with Gasteiger partial charge in [-0.05, 0) is 5.56 Å². The van der Waals surface area contributed by atoms with Crippen LogP contribution in [0, 0.1) is 0 Å². The zero-order valence-corrected chi connectivity index (χ0v) is 12.3. The van der Waals surface area contributed by atoms with Crippen LogP contribution in [0.5, 0.6) is 0 Å². The number of carbonyl (C=O) groups excluding carboxylic acids is 1. The van der Waals surface area contributed by atoms with E-state index >= 15 is 0 Å². The molecule has 2 heterocycles. The third kappa shape index (κ3) is 2.88. The maximum Gasteiger partial charge on any atom is 0.256 e. The van der Waals surface area contributed by atoms with E-state index < -0.39 is 6.10 Å². The Hall–Kier alpha value is -2.18. The standard InChI is InChI=1S/C16H18N2O4/c1-21-10-13-7-14(17-22-13)12-8-18(9-12)16(20)15(19)11-5-3-2-4-6-11/h2-7,12,15,19H,8-10H2,1H3. The predicted molar refractivity (Wildman–Crippen MR) is 77.9 cm³/mol. The molecule has 1 aliphatic rings. The van der Waals surface area contributed by atoms with Crippen LogP contribution < -0.4 is 0 Å². The largest absolute Gasteiger partial charge is 0.378 e. The highest BCUT2D eigenvalue weighted by Gasteiger charge is 2.36. The highest BCUT2D eigenvalue weighted by molar-refractivity contribution is 5.83.